The second kappa shape index (κ2) is 5.14. The lowest BCUT2D eigenvalue weighted by molar-refractivity contribution is -0.216. The van der Waals surface area contributed by atoms with Gasteiger partial charge in [0.2, 0.25) is 5.91 Å². The standard InChI is InChI=1S/C20H20N4O2/c1-24-8-16(7-22-24)13-2-3-14-6-21-17(5-15(14)4-13)23-18(26)20-9-19(10-20,11-20)12-25/h2-8,25H,9-12H2,1H3,(H,21,23,26). The molecule has 132 valence electrons. The molecule has 3 aromatic rings. The van der Waals surface area contributed by atoms with E-state index in [-0.39, 0.29) is 23.3 Å². The number of carbonyl (C=O) groups excluding carboxylic acids is 1. The first kappa shape index (κ1) is 15.5. The molecule has 2 bridgehead atoms. The SMILES string of the molecule is Cn1cc(-c2ccc3cnc(NC(=O)C45CC(CO)(C4)C5)cc3c2)cn1. The van der Waals surface area contributed by atoms with E-state index in [4.69, 9.17) is 0 Å². The van der Waals surface area contributed by atoms with E-state index in [1.165, 1.54) is 0 Å². The number of nitrogens with zero attached hydrogens (tertiary/aromatic N) is 3. The molecule has 6 nitrogen and oxygen atoms in total. The largest absolute Gasteiger partial charge is 0.396 e. The molecule has 0 saturated heterocycles. The maximum absolute atomic E-state index is 12.6. The molecule has 2 N–H and O–H groups in total. The Morgan fingerprint density at radius 2 is 2.00 bits per heavy atom. The molecule has 3 saturated carbocycles. The molecular formula is C20H20N4O2. The number of nitrogens with one attached hydrogen (secondary N) is 1. The number of aryl methyl sites for hydroxylation is 1. The monoisotopic (exact) mass is 348 g/mol. The zero-order chi connectivity index (χ0) is 17.9. The van der Waals surface area contributed by atoms with Crippen LogP contribution in [0.3, 0.4) is 0 Å². The summed E-state index contributed by atoms with van der Waals surface area (Å²) in [6.07, 6.45) is 7.98. The predicted octanol–water partition coefficient (Wildman–Crippen LogP) is 2.74. The fourth-order valence-corrected chi connectivity index (χ4v) is 4.61. The molecule has 1 aromatic carbocycles. The third kappa shape index (κ3) is 2.18. The van der Waals surface area contributed by atoms with Crippen molar-refractivity contribution >= 4 is 22.5 Å². The summed E-state index contributed by atoms with van der Waals surface area (Å²) >= 11 is 0. The maximum Gasteiger partial charge on any atom is 0.231 e. The number of hydrogen-bond acceptors (Lipinski definition) is 4. The van der Waals surface area contributed by atoms with Gasteiger partial charge in [-0.15, -0.1) is 0 Å². The van der Waals surface area contributed by atoms with Gasteiger partial charge in [0, 0.05) is 37.0 Å². The number of carbonyl (C=O) groups is 1. The van der Waals surface area contributed by atoms with Gasteiger partial charge in [0.1, 0.15) is 5.82 Å². The number of rotatable bonds is 4. The van der Waals surface area contributed by atoms with Gasteiger partial charge in [0.15, 0.2) is 0 Å². The minimum atomic E-state index is -0.281. The number of anilines is 1. The van der Waals surface area contributed by atoms with E-state index in [0.717, 1.165) is 41.2 Å². The van der Waals surface area contributed by atoms with Gasteiger partial charge < -0.3 is 10.4 Å². The van der Waals surface area contributed by atoms with E-state index >= 15 is 0 Å². The van der Waals surface area contributed by atoms with Crippen LogP contribution in [-0.4, -0.2) is 32.4 Å². The first-order valence-electron chi connectivity index (χ1n) is 8.82. The Bertz CT molecular complexity index is 1020. The average molecular weight is 348 g/mol. The highest BCUT2D eigenvalue weighted by molar-refractivity contribution is 5.98. The van der Waals surface area contributed by atoms with Crippen molar-refractivity contribution in [2.75, 3.05) is 11.9 Å². The van der Waals surface area contributed by atoms with Crippen LogP contribution in [0, 0.1) is 10.8 Å². The molecule has 0 atom stereocenters. The van der Waals surface area contributed by atoms with Gasteiger partial charge >= 0.3 is 0 Å². The molecule has 3 aliphatic carbocycles. The van der Waals surface area contributed by atoms with Gasteiger partial charge in [-0.05, 0) is 47.8 Å². The highest BCUT2D eigenvalue weighted by atomic mass is 16.3. The Balaban J connectivity index is 1.40. The van der Waals surface area contributed by atoms with E-state index in [9.17, 15) is 9.90 Å². The molecule has 26 heavy (non-hydrogen) atoms. The van der Waals surface area contributed by atoms with Crippen LogP contribution in [-0.2, 0) is 11.8 Å². The minimum Gasteiger partial charge on any atom is -0.396 e. The summed E-state index contributed by atoms with van der Waals surface area (Å²) in [7, 11) is 1.90. The van der Waals surface area contributed by atoms with Gasteiger partial charge in [-0.3, -0.25) is 9.48 Å². The number of aliphatic hydroxyl groups is 1. The first-order valence-corrected chi connectivity index (χ1v) is 8.82. The molecule has 0 radical (unpaired) electrons. The van der Waals surface area contributed by atoms with Crippen molar-refractivity contribution in [1.82, 2.24) is 14.8 Å². The van der Waals surface area contributed by atoms with E-state index in [1.54, 1.807) is 10.9 Å². The van der Waals surface area contributed by atoms with Crippen molar-refractivity contribution in [3.63, 3.8) is 0 Å². The van der Waals surface area contributed by atoms with Gasteiger partial charge in [0.25, 0.3) is 0 Å². The molecule has 0 spiro atoms. The summed E-state index contributed by atoms with van der Waals surface area (Å²) in [5.74, 6) is 0.608. The Kier molecular flexibility index (Phi) is 3.07. The maximum atomic E-state index is 12.6. The third-order valence-electron chi connectivity index (χ3n) is 5.96. The van der Waals surface area contributed by atoms with Crippen LogP contribution in [0.5, 0.6) is 0 Å². The smallest absolute Gasteiger partial charge is 0.231 e. The quantitative estimate of drug-likeness (QED) is 0.760. The molecule has 6 heteroatoms. The van der Waals surface area contributed by atoms with E-state index < -0.39 is 0 Å². The van der Waals surface area contributed by atoms with Crippen LogP contribution in [0.2, 0.25) is 0 Å². The highest BCUT2D eigenvalue weighted by Crippen LogP contribution is 2.73. The van der Waals surface area contributed by atoms with Crippen LogP contribution in [0.15, 0.2) is 42.9 Å². The predicted molar refractivity (Wildman–Crippen MR) is 98.4 cm³/mol. The molecule has 3 aliphatic rings. The van der Waals surface area contributed by atoms with Crippen LogP contribution >= 0.6 is 0 Å². The lowest BCUT2D eigenvalue weighted by Crippen LogP contribution is -2.68. The Morgan fingerprint density at radius 3 is 2.69 bits per heavy atom. The van der Waals surface area contributed by atoms with Gasteiger partial charge in [-0.2, -0.15) is 5.10 Å². The fourth-order valence-electron chi connectivity index (χ4n) is 4.61. The van der Waals surface area contributed by atoms with E-state index in [0.29, 0.717) is 5.82 Å². The number of hydrogen-bond donors (Lipinski definition) is 2. The van der Waals surface area contributed by atoms with Gasteiger partial charge in [-0.1, -0.05) is 12.1 Å². The van der Waals surface area contributed by atoms with Gasteiger partial charge in [0.05, 0.1) is 11.6 Å². The molecular weight excluding hydrogens is 328 g/mol. The molecule has 0 unspecified atom stereocenters. The highest BCUT2D eigenvalue weighted by Gasteiger charge is 2.71. The van der Waals surface area contributed by atoms with Crippen molar-refractivity contribution in [3.8, 4) is 11.1 Å². The van der Waals surface area contributed by atoms with Crippen molar-refractivity contribution in [3.05, 3.63) is 42.9 Å². The molecule has 2 heterocycles. The number of amides is 1. The second-order valence-corrected chi connectivity index (χ2v) is 7.96. The van der Waals surface area contributed by atoms with Crippen molar-refractivity contribution < 1.29 is 9.90 Å². The van der Waals surface area contributed by atoms with Gasteiger partial charge in [-0.25, -0.2) is 4.98 Å². The molecule has 2 aromatic heterocycles. The summed E-state index contributed by atoms with van der Waals surface area (Å²) in [5.41, 5.74) is 1.88. The van der Waals surface area contributed by atoms with Crippen molar-refractivity contribution in [1.29, 1.82) is 0 Å². The zero-order valence-electron chi connectivity index (χ0n) is 14.6. The number of pyridine rings is 1. The number of aliphatic hydroxyl groups excluding tert-OH is 1. The number of benzene rings is 1. The Labute approximate surface area is 150 Å². The summed E-state index contributed by atoms with van der Waals surface area (Å²) in [5, 5.41) is 18.6. The average Bonchev–Trinajstić information content (AvgIpc) is 2.99. The summed E-state index contributed by atoms with van der Waals surface area (Å²) in [4.78, 5) is 17.0. The molecule has 0 aliphatic heterocycles. The topological polar surface area (TPSA) is 80.0 Å². The summed E-state index contributed by atoms with van der Waals surface area (Å²) in [6, 6.07) is 8.09. The lowest BCUT2D eigenvalue weighted by atomic mass is 9.35. The number of fused-ring (bicyclic) bond motifs is 1. The van der Waals surface area contributed by atoms with Crippen LogP contribution in [0.25, 0.3) is 21.9 Å². The minimum absolute atomic E-state index is 0.0206. The zero-order valence-corrected chi connectivity index (χ0v) is 14.6. The molecule has 3 fully saturated rings. The molecule has 1 amide bonds. The Morgan fingerprint density at radius 1 is 1.19 bits per heavy atom. The normalized spacial score (nSPS) is 26.2. The van der Waals surface area contributed by atoms with E-state index in [2.05, 4.69) is 27.5 Å². The Hall–Kier alpha value is -2.73. The summed E-state index contributed by atoms with van der Waals surface area (Å²) in [6.45, 7) is 0.188. The lowest BCUT2D eigenvalue weighted by Gasteiger charge is -2.68. The van der Waals surface area contributed by atoms with Crippen molar-refractivity contribution in [2.24, 2.45) is 17.9 Å². The van der Waals surface area contributed by atoms with Crippen molar-refractivity contribution in [2.45, 2.75) is 19.3 Å². The van der Waals surface area contributed by atoms with Crippen LogP contribution in [0.1, 0.15) is 19.3 Å². The first-order chi connectivity index (χ1) is 12.5. The van der Waals surface area contributed by atoms with E-state index in [1.807, 2.05) is 31.6 Å². The summed E-state index contributed by atoms with van der Waals surface area (Å²) < 4.78 is 1.78. The second-order valence-electron chi connectivity index (χ2n) is 7.96. The number of aromatic nitrogens is 3. The fraction of sp³-hybridized carbons (Fsp3) is 0.350. The molecule has 6 rings (SSSR count). The van der Waals surface area contributed by atoms with Crippen LogP contribution in [0.4, 0.5) is 5.82 Å². The van der Waals surface area contributed by atoms with Crippen LogP contribution < -0.4 is 5.32 Å². The third-order valence-corrected chi connectivity index (χ3v) is 5.96.